The Hall–Kier alpha value is -2.66. The Bertz CT molecular complexity index is 842. The Kier molecular flexibility index (Phi) is 5.38. The highest BCUT2D eigenvalue weighted by molar-refractivity contribution is 7.80. The maximum atomic E-state index is 12.6. The summed E-state index contributed by atoms with van der Waals surface area (Å²) in [5, 5.41) is 6.71. The lowest BCUT2D eigenvalue weighted by Gasteiger charge is -2.30. The molecule has 1 atom stereocenters. The fourth-order valence-corrected chi connectivity index (χ4v) is 3.26. The van der Waals surface area contributed by atoms with Crippen LogP contribution in [-0.4, -0.2) is 17.2 Å². The lowest BCUT2D eigenvalue weighted by atomic mass is 9.94. The maximum Gasteiger partial charge on any atom is 0.338 e. The van der Waals surface area contributed by atoms with Crippen molar-refractivity contribution in [2.24, 2.45) is 0 Å². The Labute approximate surface area is 159 Å². The molecule has 5 heteroatoms. The van der Waals surface area contributed by atoms with Crippen molar-refractivity contribution in [1.82, 2.24) is 10.6 Å². The molecule has 0 saturated heterocycles. The van der Waals surface area contributed by atoms with Crippen molar-refractivity contribution in [1.29, 1.82) is 0 Å². The number of ether oxygens (including phenoxy) is 1. The minimum absolute atomic E-state index is 0.183. The molecule has 0 unspecified atom stereocenters. The summed E-state index contributed by atoms with van der Waals surface area (Å²) in [5.41, 5.74) is 4.51. The third-order valence-corrected chi connectivity index (χ3v) is 4.40. The van der Waals surface area contributed by atoms with E-state index in [1.807, 2.05) is 51.1 Å². The molecular formula is C21H22N2O2S. The third kappa shape index (κ3) is 3.94. The number of thiocarbonyl (C=S) groups is 1. The fourth-order valence-electron chi connectivity index (χ4n) is 2.99. The van der Waals surface area contributed by atoms with Gasteiger partial charge in [0.2, 0.25) is 0 Å². The van der Waals surface area contributed by atoms with Crippen molar-refractivity contribution in [2.45, 2.75) is 32.9 Å². The van der Waals surface area contributed by atoms with Gasteiger partial charge in [-0.2, -0.15) is 0 Å². The first-order valence-electron chi connectivity index (χ1n) is 8.60. The molecule has 1 heterocycles. The van der Waals surface area contributed by atoms with Crippen LogP contribution in [-0.2, 0) is 9.53 Å². The molecule has 2 aromatic rings. The largest absolute Gasteiger partial charge is 0.459 e. The quantitative estimate of drug-likeness (QED) is 0.630. The standard InChI is InChI=1S/C21H22N2O2S/c1-13(2)25-20(24)18-14(3)22-21(26)23-19(18)17-11-9-16(10-12-17)15-7-5-4-6-8-15/h4-13,19H,1-3H3,(H2,22,23,26)/t19-/m1/s1. The van der Waals surface area contributed by atoms with Gasteiger partial charge in [-0.1, -0.05) is 54.6 Å². The SMILES string of the molecule is CC1=C(C(=O)OC(C)C)[C@@H](c2ccc(-c3ccccc3)cc2)NC(=S)N1. The van der Waals surface area contributed by atoms with E-state index in [0.29, 0.717) is 10.7 Å². The molecule has 134 valence electrons. The molecule has 2 N–H and O–H groups in total. The molecule has 26 heavy (non-hydrogen) atoms. The highest BCUT2D eigenvalue weighted by atomic mass is 32.1. The van der Waals surface area contributed by atoms with Crippen LogP contribution in [0.1, 0.15) is 32.4 Å². The number of hydrogen-bond acceptors (Lipinski definition) is 3. The van der Waals surface area contributed by atoms with Gasteiger partial charge >= 0.3 is 5.97 Å². The average molecular weight is 366 g/mol. The first-order chi connectivity index (χ1) is 12.5. The zero-order valence-electron chi connectivity index (χ0n) is 15.1. The summed E-state index contributed by atoms with van der Waals surface area (Å²) in [5.74, 6) is -0.336. The number of esters is 1. The highest BCUT2D eigenvalue weighted by Crippen LogP contribution is 2.29. The lowest BCUT2D eigenvalue weighted by Crippen LogP contribution is -2.45. The van der Waals surface area contributed by atoms with Crippen LogP contribution in [0.5, 0.6) is 0 Å². The second-order valence-electron chi connectivity index (χ2n) is 6.51. The molecule has 0 aromatic heterocycles. The Morgan fingerprint density at radius 3 is 2.27 bits per heavy atom. The maximum absolute atomic E-state index is 12.6. The van der Waals surface area contributed by atoms with Crippen molar-refractivity contribution in [3.05, 3.63) is 71.4 Å². The Balaban J connectivity index is 1.93. The van der Waals surface area contributed by atoms with Gasteiger partial charge in [-0.05, 0) is 49.7 Å². The summed E-state index contributed by atoms with van der Waals surface area (Å²) in [6.07, 6.45) is -0.183. The predicted octanol–water partition coefficient (Wildman–Crippen LogP) is 4.10. The number of allylic oxidation sites excluding steroid dienone is 1. The van der Waals surface area contributed by atoms with Crippen LogP contribution < -0.4 is 10.6 Å². The van der Waals surface area contributed by atoms with Gasteiger partial charge < -0.3 is 15.4 Å². The van der Waals surface area contributed by atoms with Gasteiger partial charge in [0.15, 0.2) is 5.11 Å². The van der Waals surface area contributed by atoms with E-state index >= 15 is 0 Å². The molecule has 1 aliphatic heterocycles. The van der Waals surface area contributed by atoms with Crippen molar-refractivity contribution in [3.8, 4) is 11.1 Å². The molecule has 1 aliphatic rings. The van der Waals surface area contributed by atoms with E-state index in [9.17, 15) is 4.79 Å². The summed E-state index contributed by atoms with van der Waals surface area (Å²) in [4.78, 5) is 12.6. The molecule has 0 aliphatic carbocycles. The Morgan fingerprint density at radius 1 is 1.04 bits per heavy atom. The Morgan fingerprint density at radius 2 is 1.65 bits per heavy atom. The fraction of sp³-hybridized carbons (Fsp3) is 0.238. The minimum atomic E-state index is -0.336. The number of carbonyl (C=O) groups excluding carboxylic acids is 1. The van der Waals surface area contributed by atoms with Crippen LogP contribution in [0.25, 0.3) is 11.1 Å². The van der Waals surface area contributed by atoms with Gasteiger partial charge in [0.1, 0.15) is 0 Å². The lowest BCUT2D eigenvalue weighted by molar-refractivity contribution is -0.143. The third-order valence-electron chi connectivity index (χ3n) is 4.18. The summed E-state index contributed by atoms with van der Waals surface area (Å²) < 4.78 is 5.42. The first-order valence-corrected chi connectivity index (χ1v) is 9.01. The van der Waals surface area contributed by atoms with E-state index in [2.05, 4.69) is 34.9 Å². The van der Waals surface area contributed by atoms with Crippen LogP contribution in [0.4, 0.5) is 0 Å². The average Bonchev–Trinajstić information content (AvgIpc) is 2.61. The van der Waals surface area contributed by atoms with Crippen LogP contribution in [0, 0.1) is 0 Å². The van der Waals surface area contributed by atoms with Crippen molar-refractivity contribution in [2.75, 3.05) is 0 Å². The summed E-state index contributed by atoms with van der Waals surface area (Å²) in [6.45, 7) is 5.52. The normalized spacial score (nSPS) is 16.9. The molecule has 0 amide bonds. The van der Waals surface area contributed by atoms with Crippen LogP contribution in [0.15, 0.2) is 65.9 Å². The zero-order chi connectivity index (χ0) is 18.7. The van der Waals surface area contributed by atoms with Crippen molar-refractivity contribution in [3.63, 3.8) is 0 Å². The van der Waals surface area contributed by atoms with Crippen LogP contribution in [0.3, 0.4) is 0 Å². The van der Waals surface area contributed by atoms with Crippen LogP contribution in [0.2, 0.25) is 0 Å². The van der Waals surface area contributed by atoms with Gasteiger partial charge in [-0.25, -0.2) is 4.79 Å². The zero-order valence-corrected chi connectivity index (χ0v) is 15.9. The van der Waals surface area contributed by atoms with Gasteiger partial charge in [0, 0.05) is 5.70 Å². The van der Waals surface area contributed by atoms with Gasteiger partial charge in [0.05, 0.1) is 17.7 Å². The molecule has 2 aromatic carbocycles. The predicted molar refractivity (Wildman–Crippen MR) is 107 cm³/mol. The molecule has 0 spiro atoms. The topological polar surface area (TPSA) is 50.4 Å². The number of benzene rings is 2. The molecule has 3 rings (SSSR count). The monoisotopic (exact) mass is 366 g/mol. The summed E-state index contributed by atoms with van der Waals surface area (Å²) >= 11 is 5.28. The molecule has 0 bridgehead atoms. The van der Waals surface area contributed by atoms with E-state index in [1.54, 1.807) is 0 Å². The molecule has 4 nitrogen and oxygen atoms in total. The highest BCUT2D eigenvalue weighted by Gasteiger charge is 2.31. The molecule has 0 saturated carbocycles. The number of nitrogens with one attached hydrogen (secondary N) is 2. The number of carbonyl (C=O) groups is 1. The second-order valence-corrected chi connectivity index (χ2v) is 6.92. The van der Waals surface area contributed by atoms with Crippen LogP contribution >= 0.6 is 12.2 Å². The minimum Gasteiger partial charge on any atom is -0.459 e. The first kappa shape index (κ1) is 18.1. The van der Waals surface area contributed by atoms with Crippen molar-refractivity contribution >= 4 is 23.3 Å². The molecule has 0 radical (unpaired) electrons. The summed E-state index contributed by atoms with van der Waals surface area (Å²) in [6, 6.07) is 18.0. The number of rotatable bonds is 4. The van der Waals surface area contributed by atoms with Crippen molar-refractivity contribution < 1.29 is 9.53 Å². The van der Waals surface area contributed by atoms with Gasteiger partial charge in [-0.3, -0.25) is 0 Å². The second kappa shape index (κ2) is 7.70. The van der Waals surface area contributed by atoms with E-state index < -0.39 is 0 Å². The smallest absolute Gasteiger partial charge is 0.338 e. The number of hydrogen-bond donors (Lipinski definition) is 2. The van der Waals surface area contributed by atoms with E-state index in [-0.39, 0.29) is 18.1 Å². The van der Waals surface area contributed by atoms with E-state index in [1.165, 1.54) is 0 Å². The van der Waals surface area contributed by atoms with E-state index in [0.717, 1.165) is 22.4 Å². The molecule has 0 fully saturated rings. The molecular weight excluding hydrogens is 344 g/mol. The summed E-state index contributed by atoms with van der Waals surface area (Å²) in [7, 11) is 0. The van der Waals surface area contributed by atoms with E-state index in [4.69, 9.17) is 17.0 Å². The van der Waals surface area contributed by atoms with Gasteiger partial charge in [0.25, 0.3) is 0 Å². The van der Waals surface area contributed by atoms with Gasteiger partial charge in [-0.15, -0.1) is 0 Å².